The van der Waals surface area contributed by atoms with E-state index >= 15 is 0 Å². The maximum Gasteiger partial charge on any atom is 0.240 e. The van der Waals surface area contributed by atoms with Crippen LogP contribution in [-0.4, -0.2) is 23.4 Å². The highest BCUT2D eigenvalue weighted by Gasteiger charge is 2.33. The van der Waals surface area contributed by atoms with Gasteiger partial charge in [0.15, 0.2) is 9.84 Å². The Labute approximate surface area is 156 Å². The van der Waals surface area contributed by atoms with E-state index in [1.54, 1.807) is 29.6 Å². The summed E-state index contributed by atoms with van der Waals surface area (Å²) in [6.07, 6.45) is 1.36. The molecule has 0 saturated heterocycles. The molecule has 0 saturated carbocycles. The molecule has 0 fully saturated rings. The predicted molar refractivity (Wildman–Crippen MR) is 99.3 cm³/mol. The quantitative estimate of drug-likeness (QED) is 0.645. The van der Waals surface area contributed by atoms with E-state index in [-0.39, 0.29) is 21.4 Å². The normalized spacial score (nSPS) is 13.6. The van der Waals surface area contributed by atoms with Crippen LogP contribution in [0.5, 0.6) is 0 Å². The Kier molecular flexibility index (Phi) is 5.33. The zero-order valence-corrected chi connectivity index (χ0v) is 16.3. The molecule has 0 radical (unpaired) electrons. The summed E-state index contributed by atoms with van der Waals surface area (Å²) in [6.45, 7) is 1.52. The lowest BCUT2D eigenvalue weighted by atomic mass is 10.2. The summed E-state index contributed by atoms with van der Waals surface area (Å²) in [5.41, 5.74) is 0.928. The Hall–Kier alpha value is -1.94. The van der Waals surface area contributed by atoms with Gasteiger partial charge in [-0.05, 0) is 42.6 Å². The van der Waals surface area contributed by atoms with Crippen molar-refractivity contribution in [2.75, 3.05) is 6.54 Å². The number of benzene rings is 1. The van der Waals surface area contributed by atoms with Crippen LogP contribution in [0.25, 0.3) is 0 Å². The number of hydrogen-bond acceptors (Lipinski definition) is 6. The fourth-order valence-electron chi connectivity index (χ4n) is 2.39. The molecule has 3 aromatic rings. The van der Waals surface area contributed by atoms with Gasteiger partial charge in [0, 0.05) is 6.54 Å². The average Bonchev–Trinajstić information content (AvgIpc) is 3.29. The van der Waals surface area contributed by atoms with Gasteiger partial charge in [-0.2, -0.15) is 0 Å². The van der Waals surface area contributed by atoms with E-state index in [9.17, 15) is 16.8 Å². The summed E-state index contributed by atoms with van der Waals surface area (Å²) >= 11 is 1.08. The summed E-state index contributed by atoms with van der Waals surface area (Å²) in [7, 11) is -7.64. The Morgan fingerprint density at radius 3 is 2.35 bits per heavy atom. The second-order valence-electron chi connectivity index (χ2n) is 5.65. The largest absolute Gasteiger partial charge is 0.468 e. The third kappa shape index (κ3) is 3.90. The van der Waals surface area contributed by atoms with Gasteiger partial charge in [0.05, 0.1) is 11.2 Å². The molecule has 2 aromatic heterocycles. The van der Waals surface area contributed by atoms with Crippen molar-refractivity contribution in [3.05, 3.63) is 71.5 Å². The standard InChI is InChI=1S/C17H17NO5S3/c1-13-6-8-14(9-7-13)26(21,22)18-12-16(15-4-2-10-23-15)25(19,20)17-5-3-11-24-17/h2-11,16,18H,12H2,1H3/t16-/m0/s1. The molecule has 26 heavy (non-hydrogen) atoms. The van der Waals surface area contributed by atoms with Gasteiger partial charge in [-0.3, -0.25) is 0 Å². The number of rotatable bonds is 7. The van der Waals surface area contributed by atoms with Gasteiger partial charge in [-0.1, -0.05) is 23.8 Å². The molecular weight excluding hydrogens is 394 g/mol. The fraction of sp³-hybridized carbons (Fsp3) is 0.176. The van der Waals surface area contributed by atoms with E-state index in [1.165, 1.54) is 30.5 Å². The van der Waals surface area contributed by atoms with Crippen LogP contribution in [-0.2, 0) is 19.9 Å². The van der Waals surface area contributed by atoms with E-state index in [4.69, 9.17) is 4.42 Å². The third-order valence-corrected chi connectivity index (χ3v) is 8.73. The molecule has 0 spiro atoms. The third-order valence-electron chi connectivity index (χ3n) is 3.80. The molecule has 9 heteroatoms. The Bertz CT molecular complexity index is 1050. The molecule has 2 heterocycles. The first-order valence-electron chi connectivity index (χ1n) is 7.68. The van der Waals surface area contributed by atoms with Crippen molar-refractivity contribution in [3.8, 4) is 0 Å². The van der Waals surface area contributed by atoms with Crippen LogP contribution in [0.3, 0.4) is 0 Å². The molecule has 0 aliphatic carbocycles. The lowest BCUT2D eigenvalue weighted by molar-refractivity contribution is 0.487. The molecule has 138 valence electrons. The molecule has 6 nitrogen and oxygen atoms in total. The molecule has 1 N–H and O–H groups in total. The maximum absolute atomic E-state index is 12.9. The zero-order chi connectivity index (χ0) is 18.8. The van der Waals surface area contributed by atoms with Crippen molar-refractivity contribution in [1.29, 1.82) is 0 Å². The van der Waals surface area contributed by atoms with Crippen LogP contribution in [0.1, 0.15) is 16.6 Å². The molecular formula is C17H17NO5S3. The first-order valence-corrected chi connectivity index (χ1v) is 11.6. The minimum Gasteiger partial charge on any atom is -0.468 e. The van der Waals surface area contributed by atoms with E-state index in [0.717, 1.165) is 16.9 Å². The molecule has 0 bridgehead atoms. The minimum atomic E-state index is -3.84. The summed E-state index contributed by atoms with van der Waals surface area (Å²) < 4.78 is 58.6. The average molecular weight is 412 g/mol. The lowest BCUT2D eigenvalue weighted by Gasteiger charge is -2.16. The maximum atomic E-state index is 12.9. The van der Waals surface area contributed by atoms with Crippen LogP contribution < -0.4 is 4.72 Å². The van der Waals surface area contributed by atoms with Crippen molar-refractivity contribution in [1.82, 2.24) is 4.72 Å². The second-order valence-corrected chi connectivity index (χ2v) is 10.7. The number of nitrogens with one attached hydrogen (secondary N) is 1. The van der Waals surface area contributed by atoms with Gasteiger partial charge >= 0.3 is 0 Å². The number of sulfonamides is 1. The first kappa shape index (κ1) is 18.8. The SMILES string of the molecule is Cc1ccc(S(=O)(=O)NC[C@@H](c2ccco2)S(=O)(=O)c2cccs2)cc1. The number of thiophene rings is 1. The summed E-state index contributed by atoms with van der Waals surface area (Å²) in [5.74, 6) is 0.185. The van der Waals surface area contributed by atoms with Crippen LogP contribution in [0.4, 0.5) is 0 Å². The molecule has 0 aliphatic rings. The molecule has 3 rings (SSSR count). The molecule has 0 amide bonds. The zero-order valence-electron chi connectivity index (χ0n) is 13.8. The number of hydrogen-bond donors (Lipinski definition) is 1. The first-order chi connectivity index (χ1) is 12.3. The van der Waals surface area contributed by atoms with Crippen LogP contribution in [0.2, 0.25) is 0 Å². The Balaban J connectivity index is 1.89. The van der Waals surface area contributed by atoms with E-state index in [0.29, 0.717) is 0 Å². The number of sulfone groups is 1. The summed E-state index contributed by atoms with van der Waals surface area (Å²) in [4.78, 5) is 0.0785. The van der Waals surface area contributed by atoms with Crippen LogP contribution >= 0.6 is 11.3 Å². The highest BCUT2D eigenvalue weighted by atomic mass is 32.2. The van der Waals surface area contributed by atoms with Crippen LogP contribution in [0, 0.1) is 6.92 Å². The van der Waals surface area contributed by atoms with Gasteiger partial charge in [-0.15, -0.1) is 11.3 Å². The number of aryl methyl sites for hydroxylation is 1. The Morgan fingerprint density at radius 2 is 1.77 bits per heavy atom. The fourth-order valence-corrected chi connectivity index (χ4v) is 6.33. The van der Waals surface area contributed by atoms with Crippen molar-refractivity contribution >= 4 is 31.2 Å². The van der Waals surface area contributed by atoms with Gasteiger partial charge in [0.1, 0.15) is 15.2 Å². The van der Waals surface area contributed by atoms with Gasteiger partial charge in [0.2, 0.25) is 10.0 Å². The van der Waals surface area contributed by atoms with Crippen molar-refractivity contribution in [2.24, 2.45) is 0 Å². The highest BCUT2D eigenvalue weighted by Crippen LogP contribution is 2.31. The monoisotopic (exact) mass is 411 g/mol. The van der Waals surface area contributed by atoms with Gasteiger partial charge < -0.3 is 4.42 Å². The minimum absolute atomic E-state index is 0.0785. The van der Waals surface area contributed by atoms with E-state index in [1.807, 2.05) is 6.92 Å². The van der Waals surface area contributed by atoms with Gasteiger partial charge in [0.25, 0.3) is 0 Å². The highest BCUT2D eigenvalue weighted by molar-refractivity contribution is 7.93. The van der Waals surface area contributed by atoms with Gasteiger partial charge in [-0.25, -0.2) is 21.6 Å². The lowest BCUT2D eigenvalue weighted by Crippen LogP contribution is -2.31. The summed E-state index contributed by atoms with van der Waals surface area (Å²) in [5, 5.41) is 0.499. The molecule has 0 aliphatic heterocycles. The number of furan rings is 1. The molecule has 1 aromatic carbocycles. The molecule has 1 atom stereocenters. The van der Waals surface area contributed by atoms with E-state index in [2.05, 4.69) is 4.72 Å². The second kappa shape index (κ2) is 7.36. The summed E-state index contributed by atoms with van der Waals surface area (Å²) in [6, 6.07) is 12.5. The van der Waals surface area contributed by atoms with Crippen LogP contribution in [0.15, 0.2) is 73.7 Å². The van der Waals surface area contributed by atoms with Crippen molar-refractivity contribution < 1.29 is 21.3 Å². The Morgan fingerprint density at radius 1 is 1.04 bits per heavy atom. The topological polar surface area (TPSA) is 93.4 Å². The van der Waals surface area contributed by atoms with Crippen molar-refractivity contribution in [3.63, 3.8) is 0 Å². The van der Waals surface area contributed by atoms with Crippen molar-refractivity contribution in [2.45, 2.75) is 21.3 Å². The smallest absolute Gasteiger partial charge is 0.240 e. The predicted octanol–water partition coefficient (Wildman–Crippen LogP) is 3.14. The van der Waals surface area contributed by atoms with E-state index < -0.39 is 25.1 Å². The molecule has 0 unspecified atom stereocenters.